The van der Waals surface area contributed by atoms with E-state index in [1.807, 2.05) is 4.68 Å². The molecular formula is C13H19N3O3. The summed E-state index contributed by atoms with van der Waals surface area (Å²) in [5.41, 5.74) is 1.37. The normalized spacial score (nSPS) is 22.7. The van der Waals surface area contributed by atoms with E-state index < -0.39 is 0 Å². The van der Waals surface area contributed by atoms with Crippen LogP contribution in [0.25, 0.3) is 0 Å². The van der Waals surface area contributed by atoms with Crippen LogP contribution in [0.3, 0.4) is 0 Å². The molecule has 1 unspecified atom stereocenters. The van der Waals surface area contributed by atoms with Crippen molar-refractivity contribution >= 4 is 5.97 Å². The van der Waals surface area contributed by atoms with Crippen molar-refractivity contribution in [2.24, 2.45) is 5.92 Å². The van der Waals surface area contributed by atoms with E-state index in [4.69, 9.17) is 9.47 Å². The number of ether oxygens (including phenoxy) is 2. The van der Waals surface area contributed by atoms with E-state index in [2.05, 4.69) is 10.3 Å². The number of carbonyl (C=O) groups excluding carboxylic acids is 1. The first-order valence-corrected chi connectivity index (χ1v) is 6.97. The van der Waals surface area contributed by atoms with E-state index in [0.717, 1.165) is 44.7 Å². The molecule has 0 aromatic carbocycles. The van der Waals surface area contributed by atoms with Gasteiger partial charge in [-0.1, -0.05) is 5.21 Å². The predicted octanol–water partition coefficient (Wildman–Crippen LogP) is 1.37. The lowest BCUT2D eigenvalue weighted by molar-refractivity contribution is 0.0518. The standard InChI is InChI=1S/C13H19N3O3/c1-2-19-13(17)11-12(10-3-4-10)16(15-14-11)7-9-5-6-18-8-9/h9-10H,2-8H2,1H3. The molecule has 0 radical (unpaired) electrons. The highest BCUT2D eigenvalue weighted by Crippen LogP contribution is 2.41. The summed E-state index contributed by atoms with van der Waals surface area (Å²) in [5.74, 6) is 0.560. The molecule has 6 nitrogen and oxygen atoms in total. The van der Waals surface area contributed by atoms with Gasteiger partial charge in [0.15, 0.2) is 5.69 Å². The quantitative estimate of drug-likeness (QED) is 0.752. The Balaban J connectivity index is 1.81. The monoisotopic (exact) mass is 265 g/mol. The van der Waals surface area contributed by atoms with Gasteiger partial charge < -0.3 is 9.47 Å². The molecule has 104 valence electrons. The van der Waals surface area contributed by atoms with Gasteiger partial charge in [-0.15, -0.1) is 5.10 Å². The van der Waals surface area contributed by atoms with Crippen LogP contribution in [0, 0.1) is 5.92 Å². The minimum Gasteiger partial charge on any atom is -0.461 e. The lowest BCUT2D eigenvalue weighted by Crippen LogP contribution is -2.15. The minimum atomic E-state index is -0.349. The molecule has 1 atom stereocenters. The SMILES string of the molecule is CCOC(=O)c1nnn(CC2CCOC2)c1C1CC1. The summed E-state index contributed by atoms with van der Waals surface area (Å²) in [4.78, 5) is 11.9. The maximum absolute atomic E-state index is 11.9. The van der Waals surface area contributed by atoms with Crippen molar-refractivity contribution < 1.29 is 14.3 Å². The van der Waals surface area contributed by atoms with Crippen molar-refractivity contribution in [1.82, 2.24) is 15.0 Å². The van der Waals surface area contributed by atoms with Gasteiger partial charge in [0.1, 0.15) is 0 Å². The number of carbonyl (C=O) groups is 1. The molecule has 2 heterocycles. The smallest absolute Gasteiger partial charge is 0.360 e. The first kappa shape index (κ1) is 12.6. The molecule has 2 fully saturated rings. The zero-order valence-corrected chi connectivity index (χ0v) is 11.2. The molecule has 0 amide bonds. The van der Waals surface area contributed by atoms with E-state index in [0.29, 0.717) is 24.1 Å². The second-order valence-electron chi connectivity index (χ2n) is 5.23. The van der Waals surface area contributed by atoms with Crippen LogP contribution >= 0.6 is 0 Å². The summed E-state index contributed by atoms with van der Waals surface area (Å²) in [7, 11) is 0. The second-order valence-corrected chi connectivity index (χ2v) is 5.23. The number of hydrogen-bond acceptors (Lipinski definition) is 5. The average molecular weight is 265 g/mol. The second kappa shape index (κ2) is 5.28. The van der Waals surface area contributed by atoms with Gasteiger partial charge in [0, 0.05) is 25.0 Å². The molecule has 0 spiro atoms. The fourth-order valence-corrected chi connectivity index (χ4v) is 2.53. The van der Waals surface area contributed by atoms with Crippen LogP contribution in [0.1, 0.15) is 48.3 Å². The number of aromatic nitrogens is 3. The first-order valence-electron chi connectivity index (χ1n) is 6.97. The van der Waals surface area contributed by atoms with E-state index in [9.17, 15) is 4.79 Å². The Labute approximate surface area is 112 Å². The molecule has 6 heteroatoms. The van der Waals surface area contributed by atoms with Crippen LogP contribution in [-0.2, 0) is 16.0 Å². The summed E-state index contributed by atoms with van der Waals surface area (Å²) in [6.45, 7) is 4.56. The maximum Gasteiger partial charge on any atom is 0.360 e. The largest absolute Gasteiger partial charge is 0.461 e. The molecule has 0 N–H and O–H groups in total. The molecule has 1 saturated heterocycles. The van der Waals surface area contributed by atoms with Crippen molar-refractivity contribution in [1.29, 1.82) is 0 Å². The Kier molecular flexibility index (Phi) is 3.50. The van der Waals surface area contributed by atoms with Gasteiger partial charge in [0.25, 0.3) is 0 Å². The topological polar surface area (TPSA) is 66.2 Å². The fraction of sp³-hybridized carbons (Fsp3) is 0.769. The third kappa shape index (κ3) is 2.63. The van der Waals surface area contributed by atoms with Crippen LogP contribution in [-0.4, -0.2) is 40.8 Å². The summed E-state index contributed by atoms with van der Waals surface area (Å²) in [6, 6.07) is 0. The fourth-order valence-electron chi connectivity index (χ4n) is 2.53. The molecule has 2 aliphatic rings. The highest BCUT2D eigenvalue weighted by Gasteiger charge is 2.35. The molecule has 3 rings (SSSR count). The number of rotatable bonds is 5. The molecule has 1 aliphatic heterocycles. The van der Waals surface area contributed by atoms with Gasteiger partial charge in [-0.25, -0.2) is 9.48 Å². The van der Waals surface area contributed by atoms with E-state index in [1.54, 1.807) is 6.92 Å². The summed E-state index contributed by atoms with van der Waals surface area (Å²) < 4.78 is 12.3. The van der Waals surface area contributed by atoms with Gasteiger partial charge in [-0.2, -0.15) is 0 Å². The van der Waals surface area contributed by atoms with E-state index >= 15 is 0 Å². The Hall–Kier alpha value is -1.43. The molecular weight excluding hydrogens is 246 g/mol. The summed E-state index contributed by atoms with van der Waals surface area (Å²) >= 11 is 0. The lowest BCUT2D eigenvalue weighted by atomic mass is 10.1. The van der Waals surface area contributed by atoms with Crippen molar-refractivity contribution in [3.8, 4) is 0 Å². The Morgan fingerprint density at radius 3 is 2.95 bits per heavy atom. The predicted molar refractivity (Wildman–Crippen MR) is 66.9 cm³/mol. The van der Waals surface area contributed by atoms with Crippen LogP contribution in [0.15, 0.2) is 0 Å². The summed E-state index contributed by atoms with van der Waals surface area (Å²) in [5, 5.41) is 8.19. The van der Waals surface area contributed by atoms with Crippen molar-refractivity contribution in [2.75, 3.05) is 19.8 Å². The first-order chi connectivity index (χ1) is 9.29. The highest BCUT2D eigenvalue weighted by atomic mass is 16.5. The van der Waals surface area contributed by atoms with Crippen LogP contribution in [0.5, 0.6) is 0 Å². The Morgan fingerprint density at radius 1 is 1.47 bits per heavy atom. The highest BCUT2D eigenvalue weighted by molar-refractivity contribution is 5.88. The third-order valence-corrected chi connectivity index (χ3v) is 3.66. The van der Waals surface area contributed by atoms with Crippen LogP contribution < -0.4 is 0 Å². The van der Waals surface area contributed by atoms with Gasteiger partial charge in [-0.3, -0.25) is 0 Å². The van der Waals surface area contributed by atoms with E-state index in [-0.39, 0.29) is 5.97 Å². The summed E-state index contributed by atoms with van der Waals surface area (Å²) in [6.07, 6.45) is 3.28. The van der Waals surface area contributed by atoms with Crippen molar-refractivity contribution in [3.63, 3.8) is 0 Å². The Morgan fingerprint density at radius 2 is 2.32 bits per heavy atom. The number of esters is 1. The zero-order chi connectivity index (χ0) is 13.2. The molecule has 1 saturated carbocycles. The van der Waals surface area contributed by atoms with Crippen molar-refractivity contribution in [3.05, 3.63) is 11.4 Å². The average Bonchev–Trinajstić information content (AvgIpc) is 2.95. The number of nitrogens with zero attached hydrogens (tertiary/aromatic N) is 3. The lowest BCUT2D eigenvalue weighted by Gasteiger charge is -2.10. The van der Waals surface area contributed by atoms with Gasteiger partial charge in [0.05, 0.1) is 18.9 Å². The zero-order valence-electron chi connectivity index (χ0n) is 11.2. The molecule has 19 heavy (non-hydrogen) atoms. The molecule has 1 aliphatic carbocycles. The number of hydrogen-bond donors (Lipinski definition) is 0. The van der Waals surface area contributed by atoms with Crippen molar-refractivity contribution in [2.45, 2.75) is 38.6 Å². The third-order valence-electron chi connectivity index (χ3n) is 3.66. The van der Waals surface area contributed by atoms with Gasteiger partial charge in [0.2, 0.25) is 0 Å². The molecule has 0 bridgehead atoms. The molecule has 1 aromatic rings. The minimum absolute atomic E-state index is 0.349. The molecule has 1 aromatic heterocycles. The maximum atomic E-state index is 11.9. The van der Waals surface area contributed by atoms with Gasteiger partial charge >= 0.3 is 5.97 Å². The van der Waals surface area contributed by atoms with Crippen LogP contribution in [0.4, 0.5) is 0 Å². The Bertz CT molecular complexity index is 462. The van der Waals surface area contributed by atoms with E-state index in [1.165, 1.54) is 0 Å². The van der Waals surface area contributed by atoms with Gasteiger partial charge in [-0.05, 0) is 26.2 Å². The van der Waals surface area contributed by atoms with Crippen LogP contribution in [0.2, 0.25) is 0 Å².